The number of hydrogen-bond acceptors (Lipinski definition) is 4. The Morgan fingerprint density at radius 1 is 1.04 bits per heavy atom. The van der Waals surface area contributed by atoms with Crippen molar-refractivity contribution in [3.05, 3.63) is 35.6 Å². The molecule has 0 aliphatic carbocycles. The highest BCUT2D eigenvalue weighted by Gasteiger charge is 2.50. The predicted octanol–water partition coefficient (Wildman–Crippen LogP) is 2.91. The molecule has 28 heavy (non-hydrogen) atoms. The third-order valence-electron chi connectivity index (χ3n) is 7.15. The summed E-state index contributed by atoms with van der Waals surface area (Å²) in [6.07, 6.45) is 3.53. The van der Waals surface area contributed by atoms with Gasteiger partial charge in [0.2, 0.25) is 0 Å². The number of nitrogens with zero attached hydrogens (tertiary/aromatic N) is 3. The first-order chi connectivity index (χ1) is 13.3. The fourth-order valence-corrected chi connectivity index (χ4v) is 5.79. The molecular formula is C23H36FN3O. The van der Waals surface area contributed by atoms with Gasteiger partial charge in [0, 0.05) is 56.9 Å². The minimum Gasteiger partial charge on any atom is -0.385 e. The van der Waals surface area contributed by atoms with Gasteiger partial charge in [-0.15, -0.1) is 0 Å². The molecule has 4 nitrogen and oxygen atoms in total. The molecule has 4 rings (SSSR count). The van der Waals surface area contributed by atoms with E-state index in [1.807, 2.05) is 6.07 Å². The van der Waals surface area contributed by atoms with Crippen LogP contribution in [0.15, 0.2) is 24.3 Å². The molecule has 3 heterocycles. The van der Waals surface area contributed by atoms with Crippen LogP contribution < -0.4 is 0 Å². The van der Waals surface area contributed by atoms with Crippen molar-refractivity contribution in [1.29, 1.82) is 0 Å². The minimum absolute atomic E-state index is 0.213. The lowest BCUT2D eigenvalue weighted by Crippen LogP contribution is -2.55. The third kappa shape index (κ3) is 4.13. The van der Waals surface area contributed by atoms with Gasteiger partial charge in [-0.25, -0.2) is 4.39 Å². The maximum absolute atomic E-state index is 14.4. The molecule has 0 spiro atoms. The molecule has 1 aromatic rings. The van der Waals surface area contributed by atoms with Crippen molar-refractivity contribution < 1.29 is 9.50 Å². The van der Waals surface area contributed by atoms with Crippen molar-refractivity contribution in [2.75, 3.05) is 46.3 Å². The lowest BCUT2D eigenvalue weighted by atomic mass is 9.79. The van der Waals surface area contributed by atoms with Crippen LogP contribution in [0, 0.1) is 11.2 Å². The number of hydrogen-bond donors (Lipinski definition) is 1. The Morgan fingerprint density at radius 3 is 2.25 bits per heavy atom. The third-order valence-corrected chi connectivity index (χ3v) is 7.15. The number of rotatable bonds is 5. The van der Waals surface area contributed by atoms with Crippen LogP contribution in [0.5, 0.6) is 0 Å². The Bertz CT molecular complexity index is 672. The molecule has 0 amide bonds. The van der Waals surface area contributed by atoms with Crippen LogP contribution in [0.2, 0.25) is 0 Å². The van der Waals surface area contributed by atoms with E-state index in [-0.39, 0.29) is 11.2 Å². The summed E-state index contributed by atoms with van der Waals surface area (Å²) in [4.78, 5) is 7.63. The van der Waals surface area contributed by atoms with Crippen molar-refractivity contribution in [3.63, 3.8) is 0 Å². The molecule has 0 unspecified atom stereocenters. The molecule has 5 heteroatoms. The first-order valence-electron chi connectivity index (χ1n) is 10.9. The molecule has 2 bridgehead atoms. The van der Waals surface area contributed by atoms with Gasteiger partial charge in [0.25, 0.3) is 0 Å². The number of fused-ring (bicyclic) bond motifs is 2. The zero-order valence-corrected chi connectivity index (χ0v) is 17.7. The van der Waals surface area contributed by atoms with E-state index in [2.05, 4.69) is 35.6 Å². The molecule has 1 aromatic carbocycles. The van der Waals surface area contributed by atoms with Gasteiger partial charge in [0.1, 0.15) is 5.82 Å². The van der Waals surface area contributed by atoms with Crippen LogP contribution in [0.1, 0.15) is 45.1 Å². The second kappa shape index (κ2) is 7.67. The van der Waals surface area contributed by atoms with Crippen molar-refractivity contribution >= 4 is 0 Å². The molecule has 0 radical (unpaired) electrons. The van der Waals surface area contributed by atoms with E-state index >= 15 is 0 Å². The van der Waals surface area contributed by atoms with Gasteiger partial charge >= 0.3 is 0 Å². The fraction of sp³-hybridized carbons (Fsp3) is 0.739. The zero-order valence-electron chi connectivity index (χ0n) is 17.7. The Kier molecular flexibility index (Phi) is 5.56. The van der Waals surface area contributed by atoms with Crippen LogP contribution in [-0.2, 0) is 5.60 Å². The molecule has 1 N–H and O–H groups in total. The van der Waals surface area contributed by atoms with E-state index in [0.717, 1.165) is 52.1 Å². The average molecular weight is 390 g/mol. The topological polar surface area (TPSA) is 30.0 Å². The summed E-state index contributed by atoms with van der Waals surface area (Å²) >= 11 is 0. The summed E-state index contributed by atoms with van der Waals surface area (Å²) in [6.45, 7) is 11.5. The zero-order chi connectivity index (χ0) is 19.9. The molecule has 0 saturated carbocycles. The molecule has 3 saturated heterocycles. The number of benzene rings is 1. The summed E-state index contributed by atoms with van der Waals surface area (Å²) in [7, 11) is 2.20. The van der Waals surface area contributed by atoms with Crippen LogP contribution >= 0.6 is 0 Å². The Labute approximate surface area is 169 Å². The van der Waals surface area contributed by atoms with Crippen molar-refractivity contribution in [3.8, 4) is 0 Å². The number of piperidine rings is 1. The Balaban J connectivity index is 1.42. The summed E-state index contributed by atoms with van der Waals surface area (Å²) in [5.74, 6) is -0.270. The van der Waals surface area contributed by atoms with Crippen molar-refractivity contribution in [2.45, 2.75) is 57.2 Å². The van der Waals surface area contributed by atoms with Crippen LogP contribution in [0.3, 0.4) is 0 Å². The van der Waals surface area contributed by atoms with Crippen molar-refractivity contribution in [2.24, 2.45) is 5.41 Å². The van der Waals surface area contributed by atoms with E-state index in [0.29, 0.717) is 30.5 Å². The quantitative estimate of drug-likeness (QED) is 0.839. The summed E-state index contributed by atoms with van der Waals surface area (Å²) in [6, 6.07) is 7.49. The van der Waals surface area contributed by atoms with E-state index in [1.165, 1.54) is 6.07 Å². The molecule has 3 fully saturated rings. The van der Waals surface area contributed by atoms with Crippen LogP contribution in [0.25, 0.3) is 0 Å². The predicted molar refractivity (Wildman–Crippen MR) is 111 cm³/mol. The largest absolute Gasteiger partial charge is 0.385 e. The maximum Gasteiger partial charge on any atom is 0.129 e. The lowest BCUT2D eigenvalue weighted by Gasteiger charge is -2.47. The maximum atomic E-state index is 14.4. The smallest absolute Gasteiger partial charge is 0.129 e. The highest BCUT2D eigenvalue weighted by Crippen LogP contribution is 2.47. The Morgan fingerprint density at radius 2 is 1.64 bits per heavy atom. The standard InChI is InChI=1S/C23H36FN3O/c1-22(2,16-26-12-10-25(3)11-13-26)17-27-18-8-9-19(27)15-23(28,14-18)20-6-4-5-7-21(20)24/h4-7,18-19,28H,8-17H2,1-3H3/t18-,19-/m1/s1. The molecule has 2 atom stereocenters. The monoisotopic (exact) mass is 389 g/mol. The molecule has 3 aliphatic heterocycles. The summed E-state index contributed by atoms with van der Waals surface area (Å²) < 4.78 is 14.4. The molecule has 3 aliphatic rings. The second-order valence-corrected chi connectivity index (χ2v) is 10.2. The van der Waals surface area contributed by atoms with E-state index < -0.39 is 5.60 Å². The minimum atomic E-state index is -1.02. The van der Waals surface area contributed by atoms with E-state index in [1.54, 1.807) is 12.1 Å². The van der Waals surface area contributed by atoms with Crippen LogP contribution in [0.4, 0.5) is 4.39 Å². The van der Waals surface area contributed by atoms with Gasteiger partial charge in [-0.2, -0.15) is 0 Å². The molecule has 156 valence electrons. The number of aliphatic hydroxyl groups is 1. The van der Waals surface area contributed by atoms with E-state index in [4.69, 9.17) is 0 Å². The summed E-state index contributed by atoms with van der Waals surface area (Å²) in [5.41, 5.74) is -0.317. The Hall–Kier alpha value is -1.01. The molecular weight excluding hydrogens is 353 g/mol. The highest BCUT2D eigenvalue weighted by atomic mass is 19.1. The van der Waals surface area contributed by atoms with Crippen LogP contribution in [-0.4, -0.2) is 78.2 Å². The van der Waals surface area contributed by atoms with E-state index in [9.17, 15) is 9.50 Å². The highest BCUT2D eigenvalue weighted by molar-refractivity contribution is 5.26. The van der Waals surface area contributed by atoms with Gasteiger partial charge in [-0.05, 0) is 44.2 Å². The molecule has 0 aromatic heterocycles. The number of piperazine rings is 1. The average Bonchev–Trinajstić information content (AvgIpc) is 2.87. The number of halogens is 1. The normalized spacial score (nSPS) is 32.8. The van der Waals surface area contributed by atoms with Gasteiger partial charge in [-0.1, -0.05) is 32.0 Å². The first-order valence-corrected chi connectivity index (χ1v) is 10.9. The first kappa shape index (κ1) is 20.3. The SMILES string of the molecule is CN1CCN(CC(C)(C)CN2[C@@H]3CC[C@@H]2CC(O)(c2ccccc2F)C3)CC1. The van der Waals surface area contributed by atoms with Gasteiger partial charge in [0.15, 0.2) is 0 Å². The fourth-order valence-electron chi connectivity index (χ4n) is 5.79. The second-order valence-electron chi connectivity index (χ2n) is 10.2. The van der Waals surface area contributed by atoms with Crippen molar-refractivity contribution in [1.82, 2.24) is 14.7 Å². The van der Waals surface area contributed by atoms with Gasteiger partial charge in [-0.3, -0.25) is 4.90 Å². The van der Waals surface area contributed by atoms with Gasteiger partial charge in [0.05, 0.1) is 5.60 Å². The summed E-state index contributed by atoms with van der Waals surface area (Å²) in [5, 5.41) is 11.3. The van der Waals surface area contributed by atoms with Gasteiger partial charge < -0.3 is 14.9 Å². The number of likely N-dealkylation sites (N-methyl/N-ethyl adjacent to an activating group) is 1. The lowest BCUT2D eigenvalue weighted by molar-refractivity contribution is -0.0693.